The Morgan fingerprint density at radius 2 is 1.53 bits per heavy atom. The third-order valence-corrected chi connectivity index (χ3v) is 13.3. The Hall–Kier alpha value is -5.33. The molecule has 1 saturated heterocycles. The molecule has 4 aromatic carbocycles. The molecule has 2 heterocycles. The van der Waals surface area contributed by atoms with Gasteiger partial charge in [0, 0.05) is 38.9 Å². The molecule has 0 unspecified atom stereocenters. The Morgan fingerprint density at radius 3 is 2.17 bits per heavy atom. The van der Waals surface area contributed by atoms with Crippen molar-refractivity contribution in [3.05, 3.63) is 143 Å². The van der Waals surface area contributed by atoms with Crippen molar-refractivity contribution < 1.29 is 24.2 Å². The molecule has 0 bridgehead atoms. The number of allylic oxidation sites excluding steroid dienone is 1. The number of nitrogens with zero attached hydrogens (tertiary/aromatic N) is 3. The van der Waals surface area contributed by atoms with Crippen LogP contribution in [0.25, 0.3) is 21.6 Å². The summed E-state index contributed by atoms with van der Waals surface area (Å²) >= 11 is 7.93. The van der Waals surface area contributed by atoms with E-state index in [1.54, 1.807) is 21.1 Å². The molecule has 0 radical (unpaired) electrons. The molecule has 5 aromatic rings. The van der Waals surface area contributed by atoms with Gasteiger partial charge >= 0.3 is 0 Å². The number of unbranched alkanes of at least 4 members (excludes halogenated alkanes) is 3. The topological polar surface area (TPSA) is 124 Å². The normalized spacial score (nSPS) is 15.8. The van der Waals surface area contributed by atoms with Crippen LogP contribution in [0.5, 0.6) is 5.75 Å². The Morgan fingerprint density at radius 1 is 0.879 bits per heavy atom. The lowest BCUT2D eigenvalue weighted by Crippen LogP contribution is -2.56. The molecular formula is C54H66ClN5O5S. The van der Waals surface area contributed by atoms with Crippen LogP contribution >= 0.6 is 22.9 Å². The second-order valence-electron chi connectivity index (χ2n) is 18.2. The first-order valence-electron chi connectivity index (χ1n) is 23.2. The number of hydrogen-bond donors (Lipinski definition) is 3. The zero-order chi connectivity index (χ0) is 47.1. The largest absolute Gasteiger partial charge is 0.492 e. The molecule has 12 heteroatoms. The van der Waals surface area contributed by atoms with Crippen molar-refractivity contribution in [3.63, 3.8) is 0 Å². The van der Waals surface area contributed by atoms with Gasteiger partial charge in [-0.15, -0.1) is 22.9 Å². The number of rotatable bonds is 22. The van der Waals surface area contributed by atoms with Crippen LogP contribution in [0.3, 0.4) is 0 Å². The van der Waals surface area contributed by atoms with Crippen LogP contribution in [-0.4, -0.2) is 95.0 Å². The number of hydrogen-bond acceptors (Lipinski definition) is 8. The summed E-state index contributed by atoms with van der Waals surface area (Å²) < 4.78 is 6.09. The number of aryl methyl sites for hydroxylation is 1. The predicted octanol–water partition coefficient (Wildman–Crippen LogP) is 9.78. The molecular weight excluding hydrogens is 866 g/mol. The molecule has 10 nitrogen and oxygen atoms in total. The second kappa shape index (κ2) is 24.4. The summed E-state index contributed by atoms with van der Waals surface area (Å²) in [6, 6.07) is 35.7. The number of aliphatic hydroxyl groups is 1. The van der Waals surface area contributed by atoms with Crippen LogP contribution in [-0.2, 0) is 20.9 Å². The van der Waals surface area contributed by atoms with Crippen molar-refractivity contribution in [1.29, 1.82) is 0 Å². The molecule has 1 aliphatic rings. The predicted molar refractivity (Wildman–Crippen MR) is 268 cm³/mol. The van der Waals surface area contributed by atoms with Gasteiger partial charge in [0.15, 0.2) is 0 Å². The fourth-order valence-electron chi connectivity index (χ4n) is 8.50. The molecule has 3 N–H and O–H groups in total. The fourth-order valence-corrected chi connectivity index (χ4v) is 9.50. The third kappa shape index (κ3) is 13.9. The minimum absolute atomic E-state index is 0.0853. The molecule has 3 atom stereocenters. The molecule has 1 fully saturated rings. The molecule has 1 aliphatic heterocycles. The molecule has 6 rings (SSSR count). The average molecular weight is 933 g/mol. The Balaban J connectivity index is 0.907. The summed E-state index contributed by atoms with van der Waals surface area (Å²) in [7, 11) is 1.82. The summed E-state index contributed by atoms with van der Waals surface area (Å²) in [5, 5.41) is 17.1. The number of aromatic nitrogens is 1. The Kier molecular flexibility index (Phi) is 18.5. The number of likely N-dealkylation sites (N-methyl/N-ethyl adjacent to an activating group) is 1. The van der Waals surface area contributed by atoms with Gasteiger partial charge in [0.05, 0.1) is 34.8 Å². The van der Waals surface area contributed by atoms with Gasteiger partial charge in [-0.2, -0.15) is 0 Å². The molecule has 3 amide bonds. The van der Waals surface area contributed by atoms with Crippen LogP contribution in [0.4, 0.5) is 0 Å². The lowest BCUT2D eigenvalue weighted by atomic mass is 9.85. The molecule has 0 spiro atoms. The molecule has 350 valence electrons. The third-order valence-electron chi connectivity index (χ3n) is 12.2. The highest BCUT2D eigenvalue weighted by atomic mass is 35.5. The number of carbonyl (C=O) groups is 3. The van der Waals surface area contributed by atoms with E-state index < -0.39 is 23.6 Å². The van der Waals surface area contributed by atoms with Crippen molar-refractivity contribution in [2.75, 3.05) is 39.2 Å². The number of amides is 3. The zero-order valence-electron chi connectivity index (χ0n) is 39.1. The van der Waals surface area contributed by atoms with Crippen LogP contribution in [0.2, 0.25) is 0 Å². The van der Waals surface area contributed by atoms with Crippen molar-refractivity contribution in [2.45, 2.75) is 97.4 Å². The average Bonchev–Trinajstić information content (AvgIpc) is 3.94. The SMILES string of the molecule is Cc1ncsc1-c1ccc(CNC(=O)[C@@H]2C[C@@H](O)CN2C(=O)[C@@H](NCCCCCCC(=O)N(C)CCOc2ccc(/C(=C(/CCCl)c3ccccc3)c3ccccc3)cc2)C(C)(C)C)cc1. The number of nitrogens with one attached hydrogen (secondary N) is 2. The summed E-state index contributed by atoms with van der Waals surface area (Å²) in [5.41, 5.74) is 10.1. The maximum absolute atomic E-state index is 14.1. The Bertz CT molecular complexity index is 2350. The van der Waals surface area contributed by atoms with E-state index in [2.05, 4.69) is 76.3 Å². The van der Waals surface area contributed by atoms with Crippen molar-refractivity contribution in [1.82, 2.24) is 25.4 Å². The minimum atomic E-state index is -0.767. The highest BCUT2D eigenvalue weighted by Gasteiger charge is 2.43. The number of ether oxygens (including phenoxy) is 1. The maximum atomic E-state index is 14.1. The van der Waals surface area contributed by atoms with Gasteiger partial charge in [0.2, 0.25) is 17.7 Å². The van der Waals surface area contributed by atoms with Crippen molar-refractivity contribution >= 4 is 51.8 Å². The van der Waals surface area contributed by atoms with E-state index in [-0.39, 0.29) is 30.7 Å². The van der Waals surface area contributed by atoms with Gasteiger partial charge < -0.3 is 30.3 Å². The van der Waals surface area contributed by atoms with Gasteiger partial charge in [0.1, 0.15) is 18.4 Å². The van der Waals surface area contributed by atoms with E-state index in [4.69, 9.17) is 16.3 Å². The van der Waals surface area contributed by atoms with E-state index in [0.29, 0.717) is 38.5 Å². The molecule has 0 aliphatic carbocycles. The maximum Gasteiger partial charge on any atom is 0.243 e. The van der Waals surface area contributed by atoms with E-state index in [0.717, 1.165) is 81.8 Å². The second-order valence-corrected chi connectivity index (χ2v) is 19.4. The van der Waals surface area contributed by atoms with E-state index >= 15 is 0 Å². The number of alkyl halides is 1. The molecule has 0 saturated carbocycles. The van der Waals surface area contributed by atoms with Crippen LogP contribution in [0, 0.1) is 12.3 Å². The highest BCUT2D eigenvalue weighted by Crippen LogP contribution is 2.36. The number of likely N-dealkylation sites (tertiary alicyclic amines) is 1. The number of benzene rings is 4. The standard InChI is InChI=1S/C54H66ClN5O5S/c1-38-50(66-37-58-38)43-23-21-39(22-24-43)35-57-52(63)47-34-44(61)36-60(47)53(64)51(54(2,3)4)56-31-15-7-6-14-20-48(62)59(5)32-33-65-45-27-25-42(26-28-45)49(41-18-12-9-13-19-41)46(29-30-55)40-16-10-8-11-17-40/h8-13,16-19,21-28,37,44,47,51,56,61H,6-7,14-15,20,29-36H2,1-5H3,(H,57,63)/b49-46-/t44-,47+,51-/m1/s1. The number of β-amino-alcohol motifs (C(OH)–C–C–N with tert-alkyl or cyclic N) is 1. The van der Waals surface area contributed by atoms with Gasteiger partial charge in [0.25, 0.3) is 0 Å². The summed E-state index contributed by atoms with van der Waals surface area (Å²) in [5.74, 6) is 0.896. The number of aliphatic hydroxyl groups excluding tert-OH is 1. The van der Waals surface area contributed by atoms with Crippen molar-refractivity contribution in [2.24, 2.45) is 5.41 Å². The van der Waals surface area contributed by atoms with Crippen molar-refractivity contribution in [3.8, 4) is 16.2 Å². The Labute approximate surface area is 400 Å². The quantitative estimate of drug-likeness (QED) is 0.0359. The summed E-state index contributed by atoms with van der Waals surface area (Å²) in [6.07, 6.45) is 4.04. The van der Waals surface area contributed by atoms with Gasteiger partial charge in [-0.05, 0) is 89.2 Å². The monoisotopic (exact) mass is 931 g/mol. The molecule has 66 heavy (non-hydrogen) atoms. The highest BCUT2D eigenvalue weighted by molar-refractivity contribution is 7.13. The van der Waals surface area contributed by atoms with E-state index in [9.17, 15) is 19.5 Å². The first-order valence-corrected chi connectivity index (χ1v) is 24.6. The number of carbonyl (C=O) groups excluding carboxylic acids is 3. The fraction of sp³-hybridized carbons (Fsp3) is 0.407. The first-order chi connectivity index (χ1) is 31.8. The van der Waals surface area contributed by atoms with Gasteiger partial charge in [-0.25, -0.2) is 4.98 Å². The number of thiazole rings is 1. The van der Waals surface area contributed by atoms with Crippen LogP contribution in [0.15, 0.2) is 115 Å². The minimum Gasteiger partial charge on any atom is -0.492 e. The van der Waals surface area contributed by atoms with Crippen LogP contribution in [0.1, 0.15) is 93.7 Å². The lowest BCUT2D eigenvalue weighted by molar-refractivity contribution is -0.142. The lowest BCUT2D eigenvalue weighted by Gasteiger charge is -2.35. The summed E-state index contributed by atoms with van der Waals surface area (Å²) in [4.78, 5) is 49.2. The van der Waals surface area contributed by atoms with Crippen LogP contribution < -0.4 is 15.4 Å². The summed E-state index contributed by atoms with van der Waals surface area (Å²) in [6.45, 7) is 9.95. The molecule has 1 aromatic heterocycles. The number of halogens is 1. The van der Waals surface area contributed by atoms with Gasteiger partial charge in [-0.1, -0.05) is 131 Å². The van der Waals surface area contributed by atoms with E-state index in [1.807, 2.05) is 88.8 Å². The zero-order valence-corrected chi connectivity index (χ0v) is 40.7. The smallest absolute Gasteiger partial charge is 0.243 e. The first kappa shape index (κ1) is 50.1. The van der Waals surface area contributed by atoms with Gasteiger partial charge in [-0.3, -0.25) is 14.4 Å². The van der Waals surface area contributed by atoms with E-state index in [1.165, 1.54) is 5.57 Å².